The molecule has 0 amide bonds. The predicted molar refractivity (Wildman–Crippen MR) is 454 cm³/mol. The molecule has 0 bridgehead atoms. The monoisotopic (exact) mass is 1780 g/mol. The largest absolute Gasteiger partial charge is 0.480 e. The number of alkyl halides is 4. The average Bonchev–Trinajstić information content (AvgIpc) is 0.902. The Morgan fingerprint density at radius 1 is 0.400 bits per heavy atom. The van der Waals surface area contributed by atoms with Crippen molar-refractivity contribution in [1.29, 1.82) is 0 Å². The number of benzene rings is 6. The molecule has 6 aromatic carbocycles. The minimum Gasteiger partial charge on any atom is -0.480 e. The Balaban J connectivity index is 0. The van der Waals surface area contributed by atoms with Crippen molar-refractivity contribution in [1.82, 2.24) is 14.7 Å². The molecule has 0 saturated heterocycles. The summed E-state index contributed by atoms with van der Waals surface area (Å²) in [6.07, 6.45) is -3.57. The Labute approximate surface area is 717 Å². The first kappa shape index (κ1) is 115. The molecule has 36 heteroatoms. The van der Waals surface area contributed by atoms with Crippen LogP contribution in [-0.4, -0.2) is 303 Å². The van der Waals surface area contributed by atoms with Gasteiger partial charge in [0.25, 0.3) is 10.1 Å². The van der Waals surface area contributed by atoms with Crippen molar-refractivity contribution in [3.8, 4) is 0 Å². The molecule has 120 heavy (non-hydrogen) atoms. The van der Waals surface area contributed by atoms with Crippen LogP contribution in [0.3, 0.4) is 0 Å². The summed E-state index contributed by atoms with van der Waals surface area (Å²) < 4.78 is 155. The molecule has 28 nitrogen and oxygen atoms in total. The number of aliphatic carboxylic acids is 1. The van der Waals surface area contributed by atoms with Gasteiger partial charge in [0.05, 0.1) is 153 Å². The number of hydrogen-bond donors (Lipinski definition) is 4. The lowest BCUT2D eigenvalue weighted by Crippen LogP contribution is -2.32. The van der Waals surface area contributed by atoms with Crippen molar-refractivity contribution in [3.05, 3.63) is 215 Å². The van der Waals surface area contributed by atoms with Crippen LogP contribution in [0.15, 0.2) is 182 Å². The van der Waals surface area contributed by atoms with Crippen molar-refractivity contribution in [2.24, 2.45) is 5.73 Å². The summed E-state index contributed by atoms with van der Waals surface area (Å²) in [5.74, 6) is -1.91. The highest BCUT2D eigenvalue weighted by atomic mass is 36.0. The molecule has 6 rings (SSSR count). The number of carboxylic acids is 1. The van der Waals surface area contributed by atoms with E-state index in [0.717, 1.165) is 46.7 Å². The predicted octanol–water partition coefficient (Wildman–Crippen LogP) is 9.81. The number of carboxylic acid groups (broad SMARTS) is 1. The van der Waals surface area contributed by atoms with Gasteiger partial charge in [-0.3, -0.25) is 23.7 Å². The number of methoxy groups -OCH3 is 2. The third kappa shape index (κ3) is 76.0. The zero-order chi connectivity index (χ0) is 88.0. The fraction of sp³-hybridized carbons (Fsp3) is 0.524. The highest BCUT2D eigenvalue weighted by Gasteiger charge is 2.18. The lowest BCUT2D eigenvalue weighted by molar-refractivity contribution is -0.147. The summed E-state index contributed by atoms with van der Waals surface area (Å²) in [5, 5.41) is 24.4. The van der Waals surface area contributed by atoms with E-state index < -0.39 is 68.5 Å². The Kier molecular flexibility index (Phi) is 77.2. The minimum absolute atomic E-state index is 0. The van der Waals surface area contributed by atoms with Crippen LogP contribution in [0.1, 0.15) is 47.7 Å². The van der Waals surface area contributed by atoms with Crippen LogP contribution in [0.25, 0.3) is 0 Å². The summed E-state index contributed by atoms with van der Waals surface area (Å²) in [5.41, 5.74) is 11.9. The molecule has 5 N–H and O–H groups in total. The maximum atomic E-state index is 14.6. The number of nitrogens with two attached hydrogens (primary N) is 1. The van der Waals surface area contributed by atoms with E-state index in [4.69, 9.17) is 77.4 Å². The fourth-order valence-corrected chi connectivity index (χ4v) is 9.96. The van der Waals surface area contributed by atoms with Crippen molar-refractivity contribution in [3.63, 3.8) is 0 Å². The Morgan fingerprint density at radius 2 is 0.625 bits per heavy atom. The second kappa shape index (κ2) is 80.5. The molecular formula is C84H126Cl2F4N4O24S2. The van der Waals surface area contributed by atoms with Crippen molar-refractivity contribution in [2.75, 3.05) is 212 Å². The second-order valence-corrected chi connectivity index (χ2v) is 29.2. The number of ether oxygens (including phenoxy) is 13. The molecule has 680 valence electrons. The van der Waals surface area contributed by atoms with Gasteiger partial charge in [-0.25, -0.2) is 36.2 Å². The molecule has 6 aromatic rings. The maximum absolute atomic E-state index is 14.6. The molecule has 0 aliphatic heterocycles. The van der Waals surface area contributed by atoms with Crippen LogP contribution >= 0.6 is 21.4 Å². The molecule has 0 aromatic heterocycles. The number of halogens is 6. The second-order valence-electron chi connectivity index (χ2n) is 25.1. The Hall–Kier alpha value is -6.92. The molecule has 0 fully saturated rings. The number of carbonyl (C=O) groups excluding carboxylic acids is 3. The van der Waals surface area contributed by atoms with Gasteiger partial charge >= 0.3 is 17.9 Å². The van der Waals surface area contributed by atoms with Gasteiger partial charge < -0.3 is 82.6 Å². The van der Waals surface area contributed by atoms with E-state index in [1.807, 2.05) is 187 Å². The van der Waals surface area contributed by atoms with E-state index in [1.54, 1.807) is 0 Å². The Bertz CT molecular complexity index is 3360. The first-order chi connectivity index (χ1) is 57.4. The average molecular weight is 1790 g/mol. The molecule has 0 aliphatic carbocycles. The topological polar surface area (TPSA) is 345 Å². The van der Waals surface area contributed by atoms with Gasteiger partial charge in [0, 0.05) is 93.9 Å². The third-order valence-corrected chi connectivity index (χ3v) is 15.4. The van der Waals surface area contributed by atoms with Gasteiger partial charge in [0.1, 0.15) is 51.1 Å². The number of rotatable bonds is 59. The van der Waals surface area contributed by atoms with E-state index in [2.05, 4.69) is 44.8 Å². The fourth-order valence-electron chi connectivity index (χ4n) is 9.59. The first-order valence-corrected chi connectivity index (χ1v) is 42.6. The van der Waals surface area contributed by atoms with Crippen molar-refractivity contribution in [2.45, 2.75) is 78.3 Å². The maximum Gasteiger partial charge on any atom is 0.331 e. The molecule has 4 atom stereocenters. The van der Waals surface area contributed by atoms with Gasteiger partial charge in [-0.2, -0.15) is 8.42 Å². The SMILES string of the molecule is C.CC(=O)COCCOCCOS(C)(=O)=O.CO.COC(=O)COCCOCCOCC(F)CN.COC(=O)COCCOCCOCC(F)CN(Cc1ccccc1)Cc1ccccc1.O=C(O)COCCOCCOCC(F)CN(Cc1ccccc1)Cc1ccccc1.O=S(Cl)Cl.OCC(F)CN(Cc1ccccc1)Cc1ccccc1. The molecule has 0 radical (unpaired) electrons. The number of nitrogens with zero attached hydrogens (tertiary/aromatic N) is 3. The highest BCUT2D eigenvalue weighted by Crippen LogP contribution is 2.16. The van der Waals surface area contributed by atoms with Crippen LogP contribution in [0, 0.1) is 0 Å². The molecule has 4 unspecified atom stereocenters. The summed E-state index contributed by atoms with van der Waals surface area (Å²) in [6, 6.07) is 60.2. The van der Waals surface area contributed by atoms with Gasteiger partial charge in [0.15, 0.2) is 5.78 Å². The lowest BCUT2D eigenvalue weighted by atomic mass is 10.1. The van der Waals surface area contributed by atoms with Gasteiger partial charge in [-0.1, -0.05) is 189 Å². The number of hydrogen-bond acceptors (Lipinski definition) is 27. The summed E-state index contributed by atoms with van der Waals surface area (Å²) in [4.78, 5) is 48.4. The van der Waals surface area contributed by atoms with Crippen molar-refractivity contribution >= 4 is 64.4 Å². The minimum atomic E-state index is -3.39. The number of aliphatic hydroxyl groups is 2. The van der Waals surface area contributed by atoms with Gasteiger partial charge in [-0.15, -0.1) is 0 Å². The van der Waals surface area contributed by atoms with Crippen LogP contribution in [0.2, 0.25) is 0 Å². The molecular weight excluding hydrogens is 1660 g/mol. The molecule has 0 spiro atoms. The number of Topliss-reactive ketones (excluding diaryl/α,β-unsaturated/α-hetero) is 1. The molecule has 0 aliphatic rings. The van der Waals surface area contributed by atoms with Crippen LogP contribution < -0.4 is 5.73 Å². The number of esters is 2. The number of aliphatic hydroxyl groups excluding tert-OH is 2. The van der Waals surface area contributed by atoms with E-state index in [-0.39, 0.29) is 125 Å². The van der Waals surface area contributed by atoms with Gasteiger partial charge in [0.2, 0.25) is 9.23 Å². The molecule has 0 heterocycles. The summed E-state index contributed by atoms with van der Waals surface area (Å²) in [7, 11) is 7.57. The van der Waals surface area contributed by atoms with E-state index in [0.29, 0.717) is 105 Å². The third-order valence-electron chi connectivity index (χ3n) is 14.8. The quantitative estimate of drug-likeness (QED) is 0.00906. The smallest absolute Gasteiger partial charge is 0.331 e. The molecule has 0 saturated carbocycles. The number of ketones is 1. The number of carbonyl (C=O) groups is 4. The zero-order valence-corrected chi connectivity index (χ0v) is 71.7. The van der Waals surface area contributed by atoms with E-state index in [9.17, 15) is 45.2 Å². The van der Waals surface area contributed by atoms with E-state index >= 15 is 0 Å². The summed E-state index contributed by atoms with van der Waals surface area (Å²) >= 11 is 0. The van der Waals surface area contributed by atoms with Crippen LogP contribution in [0.4, 0.5) is 17.6 Å². The first-order valence-electron chi connectivity index (χ1n) is 37.9. The highest BCUT2D eigenvalue weighted by molar-refractivity contribution is 8.26. The van der Waals surface area contributed by atoms with Gasteiger partial charge in [-0.05, 0) is 40.3 Å². The zero-order valence-electron chi connectivity index (χ0n) is 68.6. The van der Waals surface area contributed by atoms with Crippen molar-refractivity contribution < 1.29 is 130 Å². The normalized spacial score (nSPS) is 11.8. The summed E-state index contributed by atoms with van der Waals surface area (Å²) in [6.45, 7) is 9.71. The lowest BCUT2D eigenvalue weighted by Gasteiger charge is -2.24. The Morgan fingerprint density at radius 3 is 0.858 bits per heavy atom. The van der Waals surface area contributed by atoms with Crippen LogP contribution in [0.5, 0.6) is 0 Å². The van der Waals surface area contributed by atoms with E-state index in [1.165, 1.54) is 21.1 Å². The van der Waals surface area contributed by atoms with Crippen LogP contribution in [-0.2, 0) is 144 Å². The standard InChI is InChI=1S/C24H32FNO5.C23H30FNO5.C17H20FNO.C10H20FNO5.C8H16O6S.CH4O.CH4.Cl2OS/c1-28-24(27)20-31-15-13-29-12-14-30-19-23(25)18-26(16-21-8-4-2-5-9-21)17-22-10-6-3-7-11-22;24-22(18-29-13-11-28-12-14-30-19-23(26)27)17-25(15-20-7-3-1-4-8-20)16-21-9-5-2-6-10-21;18-17(14-20)13-19(11-15-7-3-1-4-8-15)12-16-9-5-2-6-10-16;1-14-10(13)8-17-5-3-15-2-4-16-7-9(11)6-12;1-8(9)7-13-4-3-12-5-6-14-15(2,10)11;1-2;;1-4(2)3/h2-11,23H,12-20H2,1H3;1-10,22H,11-19H2,(H,26,27);1-10,17,20H,11-14H2;9H,2-8,12H2,1H3;3-7H2,1-2H3;2H,1H3;1H4;.